The Balaban J connectivity index is 1.88. The maximum absolute atomic E-state index is 13.1. The first-order valence-corrected chi connectivity index (χ1v) is 7.51. The molecule has 0 radical (unpaired) electrons. The van der Waals surface area contributed by atoms with Crippen LogP contribution in [0.4, 0.5) is 4.39 Å². The number of hydroxylamine groups is 2. The van der Waals surface area contributed by atoms with E-state index in [2.05, 4.69) is 5.16 Å². The smallest absolute Gasteiger partial charge is 0.298 e. The van der Waals surface area contributed by atoms with Gasteiger partial charge in [-0.1, -0.05) is 35.5 Å². The number of amidine groups is 1. The first-order chi connectivity index (χ1) is 11.5. The standard InChI is InChI=1S/C18H17FN2O3/c1-18(2)17(22)21(23-12-13-6-4-3-5-7-13)16(20-24-18)14-8-10-15(19)11-9-14/h3-11H,12H2,1-2H3. The molecule has 0 bridgehead atoms. The van der Waals surface area contributed by atoms with E-state index in [0.717, 1.165) is 10.6 Å². The van der Waals surface area contributed by atoms with Crippen molar-refractivity contribution in [3.05, 3.63) is 71.5 Å². The average molecular weight is 328 g/mol. The molecule has 0 aromatic heterocycles. The zero-order chi connectivity index (χ0) is 17.2. The predicted molar refractivity (Wildman–Crippen MR) is 86.2 cm³/mol. The minimum Gasteiger partial charge on any atom is -0.378 e. The van der Waals surface area contributed by atoms with Gasteiger partial charge in [-0.25, -0.2) is 4.39 Å². The van der Waals surface area contributed by atoms with E-state index in [-0.39, 0.29) is 24.2 Å². The van der Waals surface area contributed by atoms with Gasteiger partial charge in [-0.2, -0.15) is 5.06 Å². The van der Waals surface area contributed by atoms with E-state index in [0.29, 0.717) is 5.56 Å². The molecule has 0 saturated heterocycles. The van der Waals surface area contributed by atoms with Crippen molar-refractivity contribution in [1.29, 1.82) is 0 Å². The van der Waals surface area contributed by atoms with Crippen molar-refractivity contribution >= 4 is 11.7 Å². The molecule has 1 heterocycles. The van der Waals surface area contributed by atoms with Gasteiger partial charge < -0.3 is 4.84 Å². The zero-order valence-corrected chi connectivity index (χ0v) is 13.4. The quantitative estimate of drug-likeness (QED) is 0.865. The molecule has 124 valence electrons. The number of carbonyl (C=O) groups excluding carboxylic acids is 1. The molecule has 0 saturated carbocycles. The number of amides is 1. The van der Waals surface area contributed by atoms with Crippen LogP contribution in [0.2, 0.25) is 0 Å². The van der Waals surface area contributed by atoms with E-state index in [4.69, 9.17) is 9.68 Å². The molecule has 0 fully saturated rings. The van der Waals surface area contributed by atoms with E-state index in [1.807, 2.05) is 30.3 Å². The Bertz CT molecular complexity index is 758. The summed E-state index contributed by atoms with van der Waals surface area (Å²) in [7, 11) is 0. The molecule has 0 aliphatic carbocycles. The van der Waals surface area contributed by atoms with Crippen LogP contribution in [0.3, 0.4) is 0 Å². The fourth-order valence-corrected chi connectivity index (χ4v) is 2.18. The Labute approximate surface area is 139 Å². The first-order valence-electron chi connectivity index (χ1n) is 7.51. The molecule has 1 aliphatic heterocycles. The van der Waals surface area contributed by atoms with Crippen LogP contribution < -0.4 is 0 Å². The van der Waals surface area contributed by atoms with Gasteiger partial charge in [0.2, 0.25) is 11.4 Å². The number of hydrogen-bond acceptors (Lipinski definition) is 4. The van der Waals surface area contributed by atoms with Gasteiger partial charge in [0.1, 0.15) is 12.4 Å². The van der Waals surface area contributed by atoms with Gasteiger partial charge in [0.05, 0.1) is 0 Å². The Hall–Kier alpha value is -2.73. The van der Waals surface area contributed by atoms with Crippen LogP contribution in [0.5, 0.6) is 0 Å². The molecule has 2 aromatic rings. The maximum atomic E-state index is 13.1. The lowest BCUT2D eigenvalue weighted by Crippen LogP contribution is -2.52. The van der Waals surface area contributed by atoms with Crippen LogP contribution in [0.15, 0.2) is 59.8 Å². The third-order valence-corrected chi connectivity index (χ3v) is 3.56. The van der Waals surface area contributed by atoms with Crippen LogP contribution >= 0.6 is 0 Å². The molecular formula is C18H17FN2O3. The van der Waals surface area contributed by atoms with Crippen LogP contribution in [0, 0.1) is 5.82 Å². The Morgan fingerprint density at radius 2 is 1.79 bits per heavy atom. The van der Waals surface area contributed by atoms with E-state index in [1.165, 1.54) is 24.3 Å². The fourth-order valence-electron chi connectivity index (χ4n) is 2.18. The number of hydrogen-bond donors (Lipinski definition) is 0. The summed E-state index contributed by atoms with van der Waals surface area (Å²) in [5.41, 5.74) is 0.293. The van der Waals surface area contributed by atoms with Crippen LogP contribution in [0.1, 0.15) is 25.0 Å². The monoisotopic (exact) mass is 328 g/mol. The lowest BCUT2D eigenvalue weighted by atomic mass is 10.1. The third-order valence-electron chi connectivity index (χ3n) is 3.56. The van der Waals surface area contributed by atoms with Crippen molar-refractivity contribution in [2.24, 2.45) is 5.16 Å². The van der Waals surface area contributed by atoms with Crippen molar-refractivity contribution in [1.82, 2.24) is 5.06 Å². The van der Waals surface area contributed by atoms with Crippen molar-refractivity contribution in [2.45, 2.75) is 26.1 Å². The molecule has 6 heteroatoms. The second-order valence-corrected chi connectivity index (χ2v) is 5.88. The van der Waals surface area contributed by atoms with Crippen molar-refractivity contribution in [3.8, 4) is 0 Å². The number of rotatable bonds is 4. The molecule has 1 aliphatic rings. The highest BCUT2D eigenvalue weighted by atomic mass is 19.1. The first kappa shape index (κ1) is 16.1. The van der Waals surface area contributed by atoms with Crippen LogP contribution in [-0.4, -0.2) is 22.4 Å². The molecule has 2 aromatic carbocycles. The van der Waals surface area contributed by atoms with Gasteiger partial charge in [-0.3, -0.25) is 9.63 Å². The zero-order valence-electron chi connectivity index (χ0n) is 13.4. The van der Waals surface area contributed by atoms with Crippen molar-refractivity contribution in [2.75, 3.05) is 0 Å². The highest BCUT2D eigenvalue weighted by molar-refractivity contribution is 6.09. The van der Waals surface area contributed by atoms with Gasteiger partial charge in [0.25, 0.3) is 5.91 Å². The predicted octanol–water partition coefficient (Wildman–Crippen LogP) is 3.26. The SMILES string of the molecule is CC1(C)ON=C(c2ccc(F)cc2)N(OCc2ccccc2)C1=O. The summed E-state index contributed by atoms with van der Waals surface area (Å²) in [4.78, 5) is 23.6. The van der Waals surface area contributed by atoms with E-state index < -0.39 is 5.60 Å². The summed E-state index contributed by atoms with van der Waals surface area (Å²) in [5.74, 6) is -0.567. The number of carbonyl (C=O) groups is 1. The molecule has 0 atom stereocenters. The molecular weight excluding hydrogens is 311 g/mol. The maximum Gasteiger partial charge on any atom is 0.298 e. The molecule has 0 spiro atoms. The second kappa shape index (κ2) is 6.41. The minimum atomic E-state index is -1.14. The lowest BCUT2D eigenvalue weighted by molar-refractivity contribution is -0.196. The summed E-state index contributed by atoms with van der Waals surface area (Å²) < 4.78 is 13.1. The summed E-state index contributed by atoms with van der Waals surface area (Å²) in [6.45, 7) is 3.42. The van der Waals surface area contributed by atoms with E-state index in [1.54, 1.807) is 13.8 Å². The molecule has 1 amide bonds. The van der Waals surface area contributed by atoms with Crippen molar-refractivity contribution in [3.63, 3.8) is 0 Å². The lowest BCUT2D eigenvalue weighted by Gasteiger charge is -2.34. The van der Waals surface area contributed by atoms with Gasteiger partial charge >= 0.3 is 0 Å². The van der Waals surface area contributed by atoms with Crippen molar-refractivity contribution < 1.29 is 18.9 Å². The number of nitrogens with zero attached hydrogens (tertiary/aromatic N) is 2. The molecule has 0 N–H and O–H groups in total. The number of benzene rings is 2. The largest absolute Gasteiger partial charge is 0.378 e. The number of halogens is 1. The topological polar surface area (TPSA) is 51.1 Å². The van der Waals surface area contributed by atoms with Gasteiger partial charge in [-0.05, 0) is 43.7 Å². The molecule has 24 heavy (non-hydrogen) atoms. The summed E-state index contributed by atoms with van der Waals surface area (Å²) in [6.07, 6.45) is 0. The van der Waals surface area contributed by atoms with Gasteiger partial charge in [0, 0.05) is 5.56 Å². The Morgan fingerprint density at radius 1 is 1.12 bits per heavy atom. The molecule has 3 rings (SSSR count). The van der Waals surface area contributed by atoms with E-state index >= 15 is 0 Å². The Morgan fingerprint density at radius 3 is 2.46 bits per heavy atom. The summed E-state index contributed by atoms with van der Waals surface area (Å²) in [5, 5.41) is 5.12. The minimum absolute atomic E-state index is 0.190. The number of oxime groups is 1. The van der Waals surface area contributed by atoms with Crippen LogP contribution in [0.25, 0.3) is 0 Å². The third kappa shape index (κ3) is 3.28. The van der Waals surface area contributed by atoms with Gasteiger partial charge in [-0.15, -0.1) is 0 Å². The summed E-state index contributed by atoms with van der Waals surface area (Å²) in [6, 6.07) is 15.1. The van der Waals surface area contributed by atoms with Crippen LogP contribution in [-0.2, 0) is 21.1 Å². The average Bonchev–Trinajstić information content (AvgIpc) is 2.58. The second-order valence-electron chi connectivity index (χ2n) is 5.88. The van der Waals surface area contributed by atoms with Gasteiger partial charge in [0.15, 0.2) is 0 Å². The Kier molecular flexibility index (Phi) is 4.31. The normalized spacial score (nSPS) is 16.5. The molecule has 0 unspecified atom stereocenters. The highest BCUT2D eigenvalue weighted by Crippen LogP contribution is 2.23. The molecule has 5 nitrogen and oxygen atoms in total. The van der Waals surface area contributed by atoms with E-state index in [9.17, 15) is 9.18 Å². The highest BCUT2D eigenvalue weighted by Gasteiger charge is 2.42. The fraction of sp³-hybridized carbons (Fsp3) is 0.222. The summed E-state index contributed by atoms with van der Waals surface area (Å²) >= 11 is 0.